The van der Waals surface area contributed by atoms with Crippen LogP contribution in [0.2, 0.25) is 0 Å². The molecule has 0 aromatic carbocycles. The lowest BCUT2D eigenvalue weighted by atomic mass is 10.1. The molecule has 0 saturated heterocycles. The largest absolute Gasteiger partial charge is 0.370 e. The second-order valence-corrected chi connectivity index (χ2v) is 5.47. The number of hydrogen-bond donors (Lipinski definition) is 1. The Labute approximate surface area is 127 Å². The van der Waals surface area contributed by atoms with Crippen LogP contribution in [0.1, 0.15) is 38.8 Å². The van der Waals surface area contributed by atoms with Crippen molar-refractivity contribution < 1.29 is 0 Å². The van der Waals surface area contributed by atoms with Gasteiger partial charge in [0, 0.05) is 31.4 Å². The van der Waals surface area contributed by atoms with Crippen LogP contribution in [0.25, 0.3) is 0 Å². The van der Waals surface area contributed by atoms with Gasteiger partial charge < -0.3 is 15.5 Å². The first-order valence-electron chi connectivity index (χ1n) is 8.00. The van der Waals surface area contributed by atoms with Crippen molar-refractivity contribution in [3.63, 3.8) is 0 Å². The summed E-state index contributed by atoms with van der Waals surface area (Å²) in [6.07, 6.45) is 5.18. The van der Waals surface area contributed by atoms with Crippen LogP contribution in [0.15, 0.2) is 17.4 Å². The molecule has 0 radical (unpaired) electrons. The fraction of sp³-hybridized carbons (Fsp3) is 0.733. The van der Waals surface area contributed by atoms with Gasteiger partial charge in [0.2, 0.25) is 0 Å². The topological polar surface area (TPSA) is 62.7 Å². The van der Waals surface area contributed by atoms with Gasteiger partial charge >= 0.3 is 0 Å². The van der Waals surface area contributed by atoms with Crippen LogP contribution < -0.4 is 5.73 Å². The third-order valence-corrected chi connectivity index (χ3v) is 4.14. The van der Waals surface area contributed by atoms with Gasteiger partial charge in [0.1, 0.15) is 0 Å². The lowest BCUT2D eigenvalue weighted by Gasteiger charge is -2.28. The summed E-state index contributed by atoms with van der Waals surface area (Å²) in [5.74, 6) is 0.662. The first-order valence-corrected chi connectivity index (χ1v) is 8.00. The van der Waals surface area contributed by atoms with Crippen LogP contribution in [0.4, 0.5) is 0 Å². The number of rotatable bonds is 8. The Morgan fingerprint density at radius 3 is 2.71 bits per heavy atom. The minimum absolute atomic E-state index is 0.242. The predicted octanol–water partition coefficient (Wildman–Crippen LogP) is 1.31. The summed E-state index contributed by atoms with van der Waals surface area (Å²) in [4.78, 5) is 9.04. The lowest BCUT2D eigenvalue weighted by molar-refractivity contribution is 0.248. The average Bonchev–Trinajstić information content (AvgIpc) is 3.08. The molecule has 2 N–H and O–H groups in total. The molecule has 0 bridgehead atoms. The van der Waals surface area contributed by atoms with Gasteiger partial charge in [-0.05, 0) is 19.5 Å². The zero-order chi connectivity index (χ0) is 15.2. The second-order valence-electron chi connectivity index (χ2n) is 5.47. The van der Waals surface area contributed by atoms with Gasteiger partial charge in [-0.15, -0.1) is 0 Å². The van der Waals surface area contributed by atoms with Gasteiger partial charge in [0.15, 0.2) is 5.96 Å². The van der Waals surface area contributed by atoms with Crippen molar-refractivity contribution in [1.82, 2.24) is 19.6 Å². The molecule has 6 nitrogen and oxygen atoms in total. The maximum atomic E-state index is 6.07. The van der Waals surface area contributed by atoms with E-state index in [9.17, 15) is 0 Å². The third-order valence-electron chi connectivity index (χ3n) is 4.14. The highest BCUT2D eigenvalue weighted by atomic mass is 15.3. The monoisotopic (exact) mass is 292 g/mol. The van der Waals surface area contributed by atoms with Crippen molar-refractivity contribution in [2.75, 3.05) is 32.7 Å². The standard InChI is InChI=1S/C15H28N6/c1-4-7-20-12-13(10-18-20)14-11-17-15(16)21(14)9-8-19(5-2)6-3/h10,12,14H,4-9,11H2,1-3H3,(H2,16,17). The van der Waals surface area contributed by atoms with Crippen LogP contribution in [-0.4, -0.2) is 58.3 Å². The zero-order valence-corrected chi connectivity index (χ0v) is 13.5. The number of aryl methyl sites for hydroxylation is 1. The summed E-state index contributed by atoms with van der Waals surface area (Å²) in [5, 5.41) is 4.43. The third kappa shape index (κ3) is 3.75. The quantitative estimate of drug-likeness (QED) is 0.784. The number of aromatic nitrogens is 2. The van der Waals surface area contributed by atoms with Gasteiger partial charge in [0.25, 0.3) is 0 Å². The SMILES string of the molecule is CCCn1cc(C2CN=C(N)N2CCN(CC)CC)cn1. The van der Waals surface area contributed by atoms with E-state index in [1.54, 1.807) is 0 Å². The van der Waals surface area contributed by atoms with E-state index in [0.717, 1.165) is 45.7 Å². The molecule has 0 aliphatic carbocycles. The molecule has 1 unspecified atom stereocenters. The zero-order valence-electron chi connectivity index (χ0n) is 13.5. The summed E-state index contributed by atoms with van der Waals surface area (Å²) in [7, 11) is 0. The second kappa shape index (κ2) is 7.45. The lowest BCUT2D eigenvalue weighted by Crippen LogP contribution is -2.41. The maximum Gasteiger partial charge on any atom is 0.191 e. The Morgan fingerprint density at radius 1 is 1.29 bits per heavy atom. The number of nitrogens with two attached hydrogens (primary N) is 1. The Morgan fingerprint density at radius 2 is 2.05 bits per heavy atom. The van der Waals surface area contributed by atoms with Gasteiger partial charge in [-0.1, -0.05) is 20.8 Å². The molecular weight excluding hydrogens is 264 g/mol. The number of guanidine groups is 1. The highest BCUT2D eigenvalue weighted by Crippen LogP contribution is 2.24. The first kappa shape index (κ1) is 15.8. The maximum absolute atomic E-state index is 6.07. The molecule has 0 amide bonds. The van der Waals surface area contributed by atoms with E-state index in [2.05, 4.69) is 46.9 Å². The Bertz CT molecular complexity index is 462. The van der Waals surface area contributed by atoms with E-state index >= 15 is 0 Å². The molecule has 2 rings (SSSR count). The van der Waals surface area contributed by atoms with E-state index < -0.39 is 0 Å². The molecular formula is C15H28N6. The molecule has 0 saturated carbocycles. The van der Waals surface area contributed by atoms with Crippen molar-refractivity contribution in [3.05, 3.63) is 18.0 Å². The Balaban J connectivity index is 2.01. The molecule has 21 heavy (non-hydrogen) atoms. The smallest absolute Gasteiger partial charge is 0.191 e. The van der Waals surface area contributed by atoms with E-state index in [1.165, 1.54) is 5.56 Å². The van der Waals surface area contributed by atoms with Crippen molar-refractivity contribution in [3.8, 4) is 0 Å². The van der Waals surface area contributed by atoms with Crippen molar-refractivity contribution in [2.24, 2.45) is 10.7 Å². The van der Waals surface area contributed by atoms with Crippen LogP contribution >= 0.6 is 0 Å². The van der Waals surface area contributed by atoms with E-state index in [-0.39, 0.29) is 6.04 Å². The summed E-state index contributed by atoms with van der Waals surface area (Å²) in [5.41, 5.74) is 7.29. The van der Waals surface area contributed by atoms with Gasteiger partial charge in [-0.25, -0.2) is 0 Å². The summed E-state index contributed by atoms with van der Waals surface area (Å²) >= 11 is 0. The molecule has 1 aromatic heterocycles. The molecule has 118 valence electrons. The molecule has 1 aromatic rings. The fourth-order valence-electron chi connectivity index (χ4n) is 2.78. The van der Waals surface area contributed by atoms with Crippen molar-refractivity contribution >= 4 is 5.96 Å². The molecule has 2 heterocycles. The average molecular weight is 292 g/mol. The molecule has 0 fully saturated rings. The van der Waals surface area contributed by atoms with Gasteiger partial charge in [0.05, 0.1) is 18.8 Å². The number of hydrogen-bond acceptors (Lipinski definition) is 5. The highest BCUT2D eigenvalue weighted by molar-refractivity contribution is 5.80. The molecule has 1 aliphatic rings. The minimum Gasteiger partial charge on any atom is -0.370 e. The fourth-order valence-corrected chi connectivity index (χ4v) is 2.78. The Kier molecular flexibility index (Phi) is 5.61. The van der Waals surface area contributed by atoms with Crippen molar-refractivity contribution in [1.29, 1.82) is 0 Å². The van der Waals surface area contributed by atoms with Crippen LogP contribution in [-0.2, 0) is 6.54 Å². The van der Waals surface area contributed by atoms with E-state index in [0.29, 0.717) is 5.96 Å². The Hall–Kier alpha value is -1.56. The number of nitrogens with zero attached hydrogens (tertiary/aromatic N) is 5. The minimum atomic E-state index is 0.242. The first-order chi connectivity index (χ1) is 10.2. The van der Waals surface area contributed by atoms with E-state index in [1.807, 2.05) is 10.9 Å². The van der Waals surface area contributed by atoms with Crippen LogP contribution in [0.3, 0.4) is 0 Å². The number of aliphatic imine (C=N–C) groups is 1. The van der Waals surface area contributed by atoms with E-state index in [4.69, 9.17) is 5.73 Å². The van der Waals surface area contributed by atoms with Crippen LogP contribution in [0.5, 0.6) is 0 Å². The molecule has 6 heteroatoms. The van der Waals surface area contributed by atoms with Gasteiger partial charge in [-0.2, -0.15) is 5.10 Å². The summed E-state index contributed by atoms with van der Waals surface area (Å²) in [6, 6.07) is 0.242. The molecule has 1 atom stereocenters. The summed E-state index contributed by atoms with van der Waals surface area (Å²) < 4.78 is 2.01. The molecule has 0 spiro atoms. The van der Waals surface area contributed by atoms with Gasteiger partial charge in [-0.3, -0.25) is 9.67 Å². The summed E-state index contributed by atoms with van der Waals surface area (Å²) in [6.45, 7) is 12.3. The van der Waals surface area contributed by atoms with Crippen LogP contribution in [0, 0.1) is 0 Å². The highest BCUT2D eigenvalue weighted by Gasteiger charge is 2.28. The number of likely N-dealkylation sites (N-methyl/N-ethyl adjacent to an activating group) is 1. The van der Waals surface area contributed by atoms with Crippen molar-refractivity contribution in [2.45, 2.75) is 39.8 Å². The molecule has 1 aliphatic heterocycles. The normalized spacial score (nSPS) is 18.6. The predicted molar refractivity (Wildman–Crippen MR) is 86.2 cm³/mol.